The minimum atomic E-state index is -5.76. The largest absolute Gasteiger partial charge is 0.522 e. The molecule has 0 aliphatic rings. The van der Waals surface area contributed by atoms with E-state index in [-0.39, 0.29) is 5.19 Å². The summed E-state index contributed by atoms with van der Waals surface area (Å²) in [4.78, 5) is 0. The molecule has 0 fully saturated rings. The van der Waals surface area contributed by atoms with Gasteiger partial charge in [-0.25, -0.2) is 0 Å². The minimum absolute atomic E-state index is 0.266. The Balaban J connectivity index is 3.38. The lowest BCUT2D eigenvalue weighted by atomic mass is 10.2. The lowest BCUT2D eigenvalue weighted by molar-refractivity contribution is -0.0502. The second-order valence-electron chi connectivity index (χ2n) is 5.19. The van der Waals surface area contributed by atoms with Crippen LogP contribution in [0.3, 0.4) is 0 Å². The third kappa shape index (κ3) is 3.36. The summed E-state index contributed by atoms with van der Waals surface area (Å²) in [6, 6.07) is 7.71. The van der Waals surface area contributed by atoms with E-state index in [0.717, 1.165) is 0 Å². The summed E-state index contributed by atoms with van der Waals surface area (Å²) in [5.74, 6) is 0. The molecule has 114 valence electrons. The molecule has 1 aromatic carbocycles. The SMILES string of the molecule is CC(C)(C)[Si](Cl)(OS(=O)(=O)C(F)(F)F)c1ccccc1. The Morgan fingerprint density at radius 3 is 1.90 bits per heavy atom. The number of alkyl halides is 3. The predicted octanol–water partition coefficient (Wildman–Crippen LogP) is 3.24. The average Bonchev–Trinajstić information content (AvgIpc) is 2.26. The summed E-state index contributed by atoms with van der Waals surface area (Å²) in [7, 11) is -9.66. The molecule has 0 heterocycles. The van der Waals surface area contributed by atoms with Crippen LogP contribution in [0.15, 0.2) is 30.3 Å². The first-order chi connectivity index (χ1) is 8.81. The van der Waals surface area contributed by atoms with E-state index in [1.54, 1.807) is 39.0 Å². The zero-order valence-corrected chi connectivity index (χ0v) is 13.6. The molecule has 0 aliphatic heterocycles. The minimum Gasteiger partial charge on any atom is -0.284 e. The van der Waals surface area contributed by atoms with Gasteiger partial charge in [0.15, 0.2) is 0 Å². The molecule has 0 bridgehead atoms. The third-order valence-corrected chi connectivity index (χ3v) is 10.9. The van der Waals surface area contributed by atoms with Crippen molar-refractivity contribution in [3.8, 4) is 0 Å². The molecule has 0 amide bonds. The van der Waals surface area contributed by atoms with Gasteiger partial charge in [-0.05, 0) is 10.2 Å². The van der Waals surface area contributed by atoms with Crippen LogP contribution in [-0.4, -0.2) is 21.6 Å². The maximum Gasteiger partial charge on any atom is 0.522 e. The van der Waals surface area contributed by atoms with Gasteiger partial charge >= 0.3 is 23.3 Å². The van der Waals surface area contributed by atoms with Crippen LogP contribution in [0.4, 0.5) is 13.2 Å². The zero-order valence-electron chi connectivity index (χ0n) is 11.0. The maximum absolute atomic E-state index is 12.5. The van der Waals surface area contributed by atoms with E-state index in [4.69, 9.17) is 11.1 Å². The molecule has 1 rings (SSSR count). The molecule has 0 saturated carbocycles. The molecular weight excluding hydrogens is 333 g/mol. The Bertz CT molecular complexity index is 569. The lowest BCUT2D eigenvalue weighted by Crippen LogP contribution is -2.55. The smallest absolute Gasteiger partial charge is 0.284 e. The van der Waals surface area contributed by atoms with Crippen molar-refractivity contribution in [3.63, 3.8) is 0 Å². The predicted molar refractivity (Wildman–Crippen MR) is 73.5 cm³/mol. The molecule has 1 atom stereocenters. The van der Waals surface area contributed by atoms with Gasteiger partial charge in [-0.15, -0.1) is 11.1 Å². The van der Waals surface area contributed by atoms with E-state index in [1.165, 1.54) is 12.1 Å². The topological polar surface area (TPSA) is 43.4 Å². The van der Waals surface area contributed by atoms with Gasteiger partial charge in [-0.3, -0.25) is 3.87 Å². The molecule has 0 N–H and O–H groups in total. The van der Waals surface area contributed by atoms with Crippen LogP contribution in [0.2, 0.25) is 5.04 Å². The zero-order chi connectivity index (χ0) is 15.8. The van der Waals surface area contributed by atoms with E-state index in [2.05, 4.69) is 3.87 Å². The van der Waals surface area contributed by atoms with Crippen LogP contribution in [0, 0.1) is 0 Å². The standard InChI is InChI=1S/C11H14ClF3O3SSi/c1-10(2,3)20(12,9-7-5-4-6-8-9)18-19(16,17)11(13,14)15/h4-8H,1-3H3. The molecule has 1 unspecified atom stereocenters. The fourth-order valence-corrected chi connectivity index (χ4v) is 7.04. The Kier molecular flexibility index (Phi) is 4.65. The Hall–Kier alpha value is -0.573. The van der Waals surface area contributed by atoms with Crippen molar-refractivity contribution in [1.82, 2.24) is 0 Å². The van der Waals surface area contributed by atoms with Crippen molar-refractivity contribution in [2.24, 2.45) is 0 Å². The molecule has 3 nitrogen and oxygen atoms in total. The summed E-state index contributed by atoms with van der Waals surface area (Å²) in [5.41, 5.74) is -5.50. The monoisotopic (exact) mass is 346 g/mol. The van der Waals surface area contributed by atoms with Crippen molar-refractivity contribution in [2.75, 3.05) is 0 Å². The van der Waals surface area contributed by atoms with Gasteiger partial charge in [0, 0.05) is 0 Å². The number of benzene rings is 1. The Morgan fingerprint density at radius 2 is 1.55 bits per heavy atom. The second kappa shape index (κ2) is 5.32. The van der Waals surface area contributed by atoms with E-state index in [9.17, 15) is 21.6 Å². The van der Waals surface area contributed by atoms with Gasteiger partial charge in [-0.1, -0.05) is 51.1 Å². The highest BCUT2D eigenvalue weighted by atomic mass is 35.6. The molecule has 0 saturated heterocycles. The van der Waals surface area contributed by atoms with Crippen LogP contribution in [0.1, 0.15) is 20.8 Å². The summed E-state index contributed by atoms with van der Waals surface area (Å²) in [6.45, 7) is 4.64. The first-order valence-corrected chi connectivity index (χ1v) is 9.90. The highest BCUT2D eigenvalue weighted by molar-refractivity contribution is 7.89. The first-order valence-electron chi connectivity index (χ1n) is 5.57. The molecule has 1 aromatic rings. The van der Waals surface area contributed by atoms with Crippen LogP contribution >= 0.6 is 11.1 Å². The first kappa shape index (κ1) is 17.5. The Morgan fingerprint density at radius 1 is 1.10 bits per heavy atom. The average molecular weight is 347 g/mol. The van der Waals surface area contributed by atoms with Crippen molar-refractivity contribution in [3.05, 3.63) is 30.3 Å². The number of rotatable bonds is 3. The molecule has 0 radical (unpaired) electrons. The van der Waals surface area contributed by atoms with Gasteiger partial charge in [0.2, 0.25) is 0 Å². The van der Waals surface area contributed by atoms with Crippen LogP contribution in [-0.2, 0) is 14.0 Å². The highest BCUT2D eigenvalue weighted by Crippen LogP contribution is 2.42. The fraction of sp³-hybridized carbons (Fsp3) is 0.455. The number of hydrogen-bond donors (Lipinski definition) is 0. The summed E-state index contributed by atoms with van der Waals surface area (Å²) in [5, 5.41) is -0.698. The molecule has 20 heavy (non-hydrogen) atoms. The summed E-state index contributed by atoms with van der Waals surface area (Å²) < 4.78 is 64.6. The number of halogens is 4. The quantitative estimate of drug-likeness (QED) is 0.479. The summed E-state index contributed by atoms with van der Waals surface area (Å²) >= 11 is 6.27. The molecule has 9 heteroatoms. The van der Waals surface area contributed by atoms with E-state index < -0.39 is 28.3 Å². The van der Waals surface area contributed by atoms with Crippen molar-refractivity contribution >= 4 is 34.0 Å². The van der Waals surface area contributed by atoms with Gasteiger partial charge in [-0.2, -0.15) is 21.6 Å². The molecule has 0 spiro atoms. The fourth-order valence-electron chi connectivity index (χ4n) is 1.46. The maximum atomic E-state index is 12.5. The highest BCUT2D eigenvalue weighted by Gasteiger charge is 2.57. The Labute approximate surface area is 121 Å². The number of hydrogen-bond acceptors (Lipinski definition) is 3. The van der Waals surface area contributed by atoms with E-state index >= 15 is 0 Å². The normalized spacial score (nSPS) is 16.8. The van der Waals surface area contributed by atoms with Crippen molar-refractivity contribution in [2.45, 2.75) is 31.3 Å². The second-order valence-corrected chi connectivity index (χ2v) is 12.1. The summed E-state index contributed by atoms with van der Waals surface area (Å²) in [6.07, 6.45) is 0. The van der Waals surface area contributed by atoms with Crippen molar-refractivity contribution in [1.29, 1.82) is 0 Å². The lowest BCUT2D eigenvalue weighted by Gasteiger charge is -2.35. The van der Waals surface area contributed by atoms with Crippen molar-refractivity contribution < 1.29 is 25.5 Å². The van der Waals surface area contributed by atoms with E-state index in [0.29, 0.717) is 0 Å². The van der Waals surface area contributed by atoms with E-state index in [1.807, 2.05) is 0 Å². The van der Waals surface area contributed by atoms with Crippen LogP contribution in [0.25, 0.3) is 0 Å². The van der Waals surface area contributed by atoms with Gasteiger partial charge in [0.1, 0.15) is 0 Å². The van der Waals surface area contributed by atoms with Crippen LogP contribution < -0.4 is 5.19 Å². The van der Waals surface area contributed by atoms with Crippen LogP contribution in [0.5, 0.6) is 0 Å². The molecular formula is C11H14ClF3O3SSi. The van der Waals surface area contributed by atoms with Gasteiger partial charge in [0.05, 0.1) is 0 Å². The molecule has 0 aliphatic carbocycles. The third-order valence-electron chi connectivity index (χ3n) is 2.62. The van der Waals surface area contributed by atoms with Gasteiger partial charge < -0.3 is 0 Å². The molecule has 0 aromatic heterocycles. The van der Waals surface area contributed by atoms with Gasteiger partial charge in [0.25, 0.3) is 0 Å².